The predicted octanol–water partition coefficient (Wildman–Crippen LogP) is 6.15. The van der Waals surface area contributed by atoms with Gasteiger partial charge in [-0.05, 0) is 61.0 Å². The number of carbonyl (C=O) groups excluding carboxylic acids is 2. The topological polar surface area (TPSA) is 61.8 Å². The molecule has 0 spiro atoms. The Hall–Kier alpha value is -3.28. The third kappa shape index (κ3) is 4.15. The summed E-state index contributed by atoms with van der Waals surface area (Å²) in [5.74, 6) is 0.482. The van der Waals surface area contributed by atoms with Crippen molar-refractivity contribution in [2.75, 3.05) is 7.11 Å². The van der Waals surface area contributed by atoms with E-state index < -0.39 is 5.97 Å². The first-order valence-corrected chi connectivity index (χ1v) is 10.0. The molecule has 0 atom stereocenters. The Morgan fingerprint density at radius 2 is 1.87 bits per heavy atom. The maximum Gasteiger partial charge on any atom is 0.343 e. The number of fused-ring (bicyclic) bond motifs is 1. The number of benzene rings is 3. The summed E-state index contributed by atoms with van der Waals surface area (Å²) in [4.78, 5) is 25.3. The van der Waals surface area contributed by atoms with Crippen LogP contribution in [0.2, 0.25) is 10.0 Å². The van der Waals surface area contributed by atoms with Gasteiger partial charge in [-0.3, -0.25) is 4.79 Å². The Morgan fingerprint density at radius 3 is 2.61 bits per heavy atom. The molecule has 156 valence electrons. The van der Waals surface area contributed by atoms with E-state index in [0.29, 0.717) is 49.5 Å². The average molecular weight is 455 g/mol. The van der Waals surface area contributed by atoms with Crippen LogP contribution in [0.1, 0.15) is 31.8 Å². The second-order valence-corrected chi connectivity index (χ2v) is 7.64. The Kier molecular flexibility index (Phi) is 5.72. The van der Waals surface area contributed by atoms with Crippen LogP contribution in [-0.2, 0) is 0 Å². The quantitative estimate of drug-likeness (QED) is 0.269. The largest absolute Gasteiger partial charge is 0.497 e. The van der Waals surface area contributed by atoms with Crippen LogP contribution in [0.4, 0.5) is 0 Å². The summed E-state index contributed by atoms with van der Waals surface area (Å²) in [7, 11) is 1.52. The lowest BCUT2D eigenvalue weighted by molar-refractivity contribution is 0.0732. The molecular formula is C24H16Cl2O5. The van der Waals surface area contributed by atoms with Gasteiger partial charge in [0.25, 0.3) is 0 Å². The number of halogens is 2. The van der Waals surface area contributed by atoms with E-state index in [2.05, 4.69) is 0 Å². The van der Waals surface area contributed by atoms with E-state index in [-0.39, 0.29) is 11.5 Å². The van der Waals surface area contributed by atoms with Gasteiger partial charge in [0.1, 0.15) is 17.2 Å². The molecule has 0 radical (unpaired) electrons. The lowest BCUT2D eigenvalue weighted by atomic mass is 10.1. The van der Waals surface area contributed by atoms with Crippen molar-refractivity contribution >= 4 is 41.0 Å². The molecule has 0 amide bonds. The molecule has 1 aliphatic heterocycles. The van der Waals surface area contributed by atoms with Crippen molar-refractivity contribution in [2.24, 2.45) is 0 Å². The lowest BCUT2D eigenvalue weighted by Crippen LogP contribution is -2.09. The van der Waals surface area contributed by atoms with Crippen molar-refractivity contribution < 1.29 is 23.8 Å². The number of ketones is 1. The maximum atomic E-state index is 12.8. The van der Waals surface area contributed by atoms with Crippen LogP contribution in [0.25, 0.3) is 6.08 Å². The number of allylic oxidation sites excluding steroid dienone is 1. The molecular weight excluding hydrogens is 439 g/mol. The fraction of sp³-hybridized carbons (Fsp3) is 0.0833. The van der Waals surface area contributed by atoms with Crippen LogP contribution in [-0.4, -0.2) is 18.9 Å². The van der Waals surface area contributed by atoms with E-state index in [4.69, 9.17) is 37.4 Å². The maximum absolute atomic E-state index is 12.8. The molecule has 3 aromatic rings. The highest BCUT2D eigenvalue weighted by Crippen LogP contribution is 2.40. The van der Waals surface area contributed by atoms with E-state index in [1.807, 2.05) is 0 Å². The number of Topliss-reactive ketones (excluding diaryl/α,β-unsaturated/α-hetero) is 1. The molecule has 3 aromatic carbocycles. The summed E-state index contributed by atoms with van der Waals surface area (Å²) in [5, 5.41) is 0.893. The molecule has 1 aliphatic rings. The van der Waals surface area contributed by atoms with Gasteiger partial charge in [-0.25, -0.2) is 4.79 Å². The third-order valence-electron chi connectivity index (χ3n) is 4.79. The minimum atomic E-state index is -0.546. The zero-order valence-corrected chi connectivity index (χ0v) is 18.1. The first-order valence-electron chi connectivity index (χ1n) is 9.26. The number of hydrogen-bond donors (Lipinski definition) is 0. The molecule has 0 N–H and O–H groups in total. The van der Waals surface area contributed by atoms with Crippen LogP contribution in [0.15, 0.2) is 60.4 Å². The summed E-state index contributed by atoms with van der Waals surface area (Å²) in [5.41, 5.74) is 1.86. The van der Waals surface area contributed by atoms with E-state index in [1.54, 1.807) is 67.6 Å². The highest BCUT2D eigenvalue weighted by atomic mass is 35.5. The molecule has 0 unspecified atom stereocenters. The van der Waals surface area contributed by atoms with Gasteiger partial charge in [0.2, 0.25) is 5.78 Å². The Morgan fingerprint density at radius 1 is 1.06 bits per heavy atom. The van der Waals surface area contributed by atoms with Crippen molar-refractivity contribution in [3.63, 3.8) is 0 Å². The fourth-order valence-electron chi connectivity index (χ4n) is 3.15. The monoisotopic (exact) mass is 454 g/mol. The molecule has 1 heterocycles. The first-order chi connectivity index (χ1) is 14.9. The standard InChI is InChI=1S/C24H16Cl2O5/c1-13-20(31-24(28)15-4-3-5-17(10-15)29-2)9-8-18-22(27)21(30-23(13)18)11-14-6-7-16(25)12-19(14)26/h3-12H,1-2H3/b21-11-. The number of hydrogen-bond acceptors (Lipinski definition) is 5. The van der Waals surface area contributed by atoms with Gasteiger partial charge in [-0.2, -0.15) is 0 Å². The minimum Gasteiger partial charge on any atom is -0.497 e. The zero-order chi connectivity index (χ0) is 22.1. The molecule has 0 bridgehead atoms. The van der Waals surface area contributed by atoms with Crippen LogP contribution < -0.4 is 14.2 Å². The van der Waals surface area contributed by atoms with Crippen molar-refractivity contribution in [3.05, 3.63) is 92.7 Å². The van der Waals surface area contributed by atoms with Crippen molar-refractivity contribution in [1.29, 1.82) is 0 Å². The number of esters is 1. The first kappa shape index (κ1) is 21.0. The average Bonchev–Trinajstić information content (AvgIpc) is 3.08. The minimum absolute atomic E-state index is 0.124. The third-order valence-corrected chi connectivity index (χ3v) is 5.36. The molecule has 7 heteroatoms. The summed E-state index contributed by atoms with van der Waals surface area (Å²) in [6, 6.07) is 14.8. The van der Waals surface area contributed by atoms with Gasteiger partial charge in [0, 0.05) is 15.6 Å². The molecule has 0 aromatic heterocycles. The fourth-order valence-corrected chi connectivity index (χ4v) is 3.61. The Bertz CT molecular complexity index is 1250. The molecule has 0 saturated heterocycles. The molecule has 0 saturated carbocycles. The Labute approximate surface area is 188 Å². The van der Waals surface area contributed by atoms with Gasteiger partial charge in [0.05, 0.1) is 18.2 Å². The van der Waals surface area contributed by atoms with Gasteiger partial charge in [0.15, 0.2) is 5.76 Å². The normalized spacial score (nSPS) is 13.7. The van der Waals surface area contributed by atoms with E-state index in [1.165, 1.54) is 7.11 Å². The van der Waals surface area contributed by atoms with Crippen molar-refractivity contribution in [2.45, 2.75) is 6.92 Å². The number of carbonyl (C=O) groups is 2. The van der Waals surface area contributed by atoms with Crippen molar-refractivity contribution in [1.82, 2.24) is 0 Å². The summed E-state index contributed by atoms with van der Waals surface area (Å²) >= 11 is 12.1. The van der Waals surface area contributed by atoms with Gasteiger partial charge < -0.3 is 14.2 Å². The SMILES string of the molecule is COc1cccc(C(=O)Oc2ccc3c(c2C)O/C(=C\c2ccc(Cl)cc2Cl)C3=O)c1. The van der Waals surface area contributed by atoms with Gasteiger partial charge in [-0.1, -0.05) is 35.3 Å². The molecule has 0 fully saturated rings. The highest BCUT2D eigenvalue weighted by Gasteiger charge is 2.30. The second kappa shape index (κ2) is 8.46. The van der Waals surface area contributed by atoms with Crippen molar-refractivity contribution in [3.8, 4) is 17.2 Å². The van der Waals surface area contributed by atoms with Gasteiger partial charge >= 0.3 is 5.97 Å². The molecule has 4 rings (SSSR count). The van der Waals surface area contributed by atoms with Crippen LogP contribution >= 0.6 is 23.2 Å². The van der Waals surface area contributed by atoms with Gasteiger partial charge in [-0.15, -0.1) is 0 Å². The van der Waals surface area contributed by atoms with Crippen LogP contribution in [0.5, 0.6) is 17.2 Å². The lowest BCUT2D eigenvalue weighted by Gasteiger charge is -2.10. The van der Waals surface area contributed by atoms with E-state index in [0.717, 1.165) is 0 Å². The second-order valence-electron chi connectivity index (χ2n) is 6.79. The Balaban J connectivity index is 1.61. The molecule has 31 heavy (non-hydrogen) atoms. The summed E-state index contributed by atoms with van der Waals surface area (Å²) < 4.78 is 16.5. The number of rotatable bonds is 4. The summed E-state index contributed by atoms with van der Waals surface area (Å²) in [6.45, 7) is 1.72. The summed E-state index contributed by atoms with van der Waals surface area (Å²) in [6.07, 6.45) is 1.56. The zero-order valence-electron chi connectivity index (χ0n) is 16.6. The van der Waals surface area contributed by atoms with Crippen LogP contribution in [0, 0.1) is 6.92 Å². The smallest absolute Gasteiger partial charge is 0.343 e. The predicted molar refractivity (Wildman–Crippen MR) is 119 cm³/mol. The molecule has 5 nitrogen and oxygen atoms in total. The molecule has 0 aliphatic carbocycles. The van der Waals surface area contributed by atoms with E-state index >= 15 is 0 Å². The van der Waals surface area contributed by atoms with Crippen LogP contribution in [0.3, 0.4) is 0 Å². The number of methoxy groups -OCH3 is 1. The van der Waals surface area contributed by atoms with E-state index in [9.17, 15) is 9.59 Å². The number of ether oxygens (including phenoxy) is 3. The highest BCUT2D eigenvalue weighted by molar-refractivity contribution is 6.35.